The molecule has 3 heteroatoms. The maximum absolute atomic E-state index is 11.7. The summed E-state index contributed by atoms with van der Waals surface area (Å²) in [5.41, 5.74) is 0.505. The topological polar surface area (TPSA) is 49.7 Å². The van der Waals surface area contributed by atoms with E-state index in [9.17, 15) is 4.79 Å². The summed E-state index contributed by atoms with van der Waals surface area (Å²) in [6.07, 6.45) is 0.978. The molecule has 0 unspecified atom stereocenters. The Morgan fingerprint density at radius 3 is 2.54 bits per heavy atom. The molecule has 13 heavy (non-hydrogen) atoms. The van der Waals surface area contributed by atoms with Gasteiger partial charge in [0.05, 0.1) is 0 Å². The fourth-order valence-electron chi connectivity index (χ4n) is 2.99. The predicted molar refractivity (Wildman–Crippen MR) is 48.8 cm³/mol. The normalized spacial score (nSPS) is 44.7. The van der Waals surface area contributed by atoms with Crippen molar-refractivity contribution in [2.45, 2.75) is 27.2 Å². The summed E-state index contributed by atoms with van der Waals surface area (Å²) in [5, 5.41) is 11.8. The first-order valence-electron chi connectivity index (χ1n) is 4.76. The average Bonchev–Trinajstić information content (AvgIpc) is 2.02. The largest absolute Gasteiger partial charge is 0.411 e. The molecule has 0 spiro atoms. The first kappa shape index (κ1) is 8.73. The van der Waals surface area contributed by atoms with Gasteiger partial charge in [-0.1, -0.05) is 25.9 Å². The van der Waals surface area contributed by atoms with Crippen LogP contribution in [0.1, 0.15) is 27.2 Å². The summed E-state index contributed by atoms with van der Waals surface area (Å²) >= 11 is 0. The van der Waals surface area contributed by atoms with Crippen molar-refractivity contribution in [3.63, 3.8) is 0 Å². The van der Waals surface area contributed by atoms with E-state index in [4.69, 9.17) is 5.21 Å². The van der Waals surface area contributed by atoms with Crippen LogP contribution >= 0.6 is 0 Å². The van der Waals surface area contributed by atoms with Crippen LogP contribution in [-0.4, -0.2) is 16.7 Å². The van der Waals surface area contributed by atoms with Gasteiger partial charge in [-0.05, 0) is 17.8 Å². The lowest BCUT2D eigenvalue weighted by atomic mass is 9.45. The molecule has 0 amide bonds. The third kappa shape index (κ3) is 0.847. The Hall–Kier alpha value is -0.860. The summed E-state index contributed by atoms with van der Waals surface area (Å²) < 4.78 is 0. The smallest absolute Gasteiger partial charge is 0.184 e. The van der Waals surface area contributed by atoms with E-state index in [2.05, 4.69) is 19.0 Å². The minimum absolute atomic E-state index is 0.0579. The van der Waals surface area contributed by atoms with E-state index in [1.54, 1.807) is 0 Å². The second-order valence-electron chi connectivity index (χ2n) is 4.85. The first-order valence-corrected chi connectivity index (χ1v) is 4.76. The van der Waals surface area contributed by atoms with Gasteiger partial charge in [0.25, 0.3) is 0 Å². The highest BCUT2D eigenvalue weighted by Gasteiger charge is 2.60. The van der Waals surface area contributed by atoms with Crippen molar-refractivity contribution < 1.29 is 10.0 Å². The highest BCUT2D eigenvalue weighted by Crippen LogP contribution is 2.58. The van der Waals surface area contributed by atoms with Crippen molar-refractivity contribution >= 4 is 11.5 Å². The number of hydrogen-bond donors (Lipinski definition) is 1. The Morgan fingerprint density at radius 1 is 1.54 bits per heavy atom. The molecular formula is C10H15NO2. The number of carbonyl (C=O) groups excluding carboxylic acids is 1. The molecule has 3 atom stereocenters. The van der Waals surface area contributed by atoms with Gasteiger partial charge in [0, 0.05) is 11.8 Å². The number of ketones is 1. The molecule has 3 aliphatic rings. The van der Waals surface area contributed by atoms with Crippen molar-refractivity contribution in [1.82, 2.24) is 0 Å². The van der Waals surface area contributed by atoms with Crippen LogP contribution in [0, 0.1) is 23.2 Å². The molecule has 0 aliphatic heterocycles. The SMILES string of the molecule is C[C@@H]1/C(=N/O)C(=O)[C@H]2C[C@@H]1C2(C)C. The zero-order valence-electron chi connectivity index (χ0n) is 8.24. The molecule has 2 bridgehead atoms. The Labute approximate surface area is 77.8 Å². The Morgan fingerprint density at radius 2 is 2.15 bits per heavy atom. The molecule has 3 nitrogen and oxygen atoms in total. The number of rotatable bonds is 0. The maximum Gasteiger partial charge on any atom is 0.184 e. The number of carbonyl (C=O) groups is 1. The van der Waals surface area contributed by atoms with Gasteiger partial charge in [0.2, 0.25) is 0 Å². The molecule has 3 saturated carbocycles. The van der Waals surface area contributed by atoms with Crippen LogP contribution in [0.25, 0.3) is 0 Å². The van der Waals surface area contributed by atoms with Gasteiger partial charge in [0.1, 0.15) is 5.71 Å². The Balaban J connectivity index is 2.37. The highest BCUT2D eigenvalue weighted by molar-refractivity contribution is 6.42. The second kappa shape index (κ2) is 2.34. The van der Waals surface area contributed by atoms with Crippen LogP contribution in [0.15, 0.2) is 5.16 Å². The molecule has 0 aromatic rings. The summed E-state index contributed by atoms with van der Waals surface area (Å²) in [7, 11) is 0. The quantitative estimate of drug-likeness (QED) is 0.456. The molecule has 0 saturated heterocycles. The van der Waals surface area contributed by atoms with E-state index >= 15 is 0 Å². The molecule has 3 fully saturated rings. The van der Waals surface area contributed by atoms with Crippen molar-refractivity contribution in [2.24, 2.45) is 28.3 Å². The lowest BCUT2D eigenvalue weighted by Gasteiger charge is -2.57. The highest BCUT2D eigenvalue weighted by atomic mass is 16.4. The van der Waals surface area contributed by atoms with Crippen LogP contribution in [0.3, 0.4) is 0 Å². The molecular weight excluding hydrogens is 166 g/mol. The van der Waals surface area contributed by atoms with Crippen LogP contribution < -0.4 is 0 Å². The third-order valence-corrected chi connectivity index (χ3v) is 4.05. The number of oxime groups is 1. The summed E-state index contributed by atoms with van der Waals surface area (Å²) in [6, 6.07) is 0. The second-order valence-corrected chi connectivity index (χ2v) is 4.85. The van der Waals surface area contributed by atoms with Crippen molar-refractivity contribution in [3.8, 4) is 0 Å². The van der Waals surface area contributed by atoms with Crippen LogP contribution in [0.5, 0.6) is 0 Å². The molecule has 1 N–H and O–H groups in total. The van der Waals surface area contributed by atoms with Gasteiger partial charge in [-0.2, -0.15) is 0 Å². The van der Waals surface area contributed by atoms with E-state index in [-0.39, 0.29) is 23.0 Å². The first-order chi connectivity index (χ1) is 6.00. The lowest BCUT2D eigenvalue weighted by molar-refractivity contribution is -0.139. The van der Waals surface area contributed by atoms with Gasteiger partial charge in [-0.25, -0.2) is 0 Å². The molecule has 0 aromatic carbocycles. The molecule has 3 aliphatic carbocycles. The van der Waals surface area contributed by atoms with Gasteiger partial charge in [-0.3, -0.25) is 4.79 Å². The van der Waals surface area contributed by atoms with E-state index in [1.807, 2.05) is 6.92 Å². The molecule has 0 aromatic heterocycles. The van der Waals surface area contributed by atoms with Crippen molar-refractivity contribution in [1.29, 1.82) is 0 Å². The molecule has 0 heterocycles. The molecule has 0 radical (unpaired) electrons. The van der Waals surface area contributed by atoms with Crippen LogP contribution in [0.2, 0.25) is 0 Å². The van der Waals surface area contributed by atoms with Crippen molar-refractivity contribution in [3.05, 3.63) is 0 Å². The zero-order valence-corrected chi connectivity index (χ0v) is 8.24. The molecule has 3 rings (SSSR count). The fourth-order valence-corrected chi connectivity index (χ4v) is 2.99. The van der Waals surface area contributed by atoms with Gasteiger partial charge in [-0.15, -0.1) is 0 Å². The van der Waals surface area contributed by atoms with Gasteiger partial charge in [0.15, 0.2) is 5.78 Å². The summed E-state index contributed by atoms with van der Waals surface area (Å²) in [4.78, 5) is 11.7. The Bertz CT molecular complexity index is 293. The van der Waals surface area contributed by atoms with E-state index < -0.39 is 0 Å². The number of nitrogens with zero attached hydrogens (tertiary/aromatic N) is 1. The summed E-state index contributed by atoms with van der Waals surface area (Å²) in [6.45, 7) is 6.25. The van der Waals surface area contributed by atoms with Gasteiger partial charge < -0.3 is 5.21 Å². The number of hydrogen-bond acceptors (Lipinski definition) is 3. The maximum atomic E-state index is 11.7. The minimum atomic E-state index is 0.0579. The van der Waals surface area contributed by atoms with Crippen LogP contribution in [-0.2, 0) is 4.79 Å². The summed E-state index contributed by atoms with van der Waals surface area (Å²) in [5.74, 6) is 0.792. The van der Waals surface area contributed by atoms with Crippen molar-refractivity contribution in [2.75, 3.05) is 0 Å². The number of fused-ring (bicyclic) bond motifs is 2. The zero-order chi connectivity index (χ0) is 9.80. The van der Waals surface area contributed by atoms with Crippen LogP contribution in [0.4, 0.5) is 0 Å². The van der Waals surface area contributed by atoms with E-state index in [0.29, 0.717) is 11.6 Å². The molecule has 72 valence electrons. The predicted octanol–water partition coefficient (Wildman–Crippen LogP) is 1.70. The van der Waals surface area contributed by atoms with E-state index in [1.165, 1.54) is 0 Å². The minimum Gasteiger partial charge on any atom is -0.411 e. The average molecular weight is 181 g/mol. The number of Topliss-reactive ketones (excluding diaryl/α,β-unsaturated/α-hetero) is 1. The van der Waals surface area contributed by atoms with E-state index in [0.717, 1.165) is 6.42 Å². The Kier molecular flexibility index (Phi) is 1.57. The lowest BCUT2D eigenvalue weighted by Crippen LogP contribution is -2.60. The monoisotopic (exact) mass is 181 g/mol. The fraction of sp³-hybridized carbons (Fsp3) is 0.800. The standard InChI is InChI=1S/C10H15NO2/c1-5-6-4-7(10(6,2)3)9(12)8(5)11-13/h5-7,13H,4H2,1-3H3/b11-8-/t5-,6-,7+/m0/s1. The third-order valence-electron chi connectivity index (χ3n) is 4.05. The van der Waals surface area contributed by atoms with Gasteiger partial charge >= 0.3 is 0 Å².